The molecule has 4 rings (SSSR count). The van der Waals surface area contributed by atoms with E-state index in [0.29, 0.717) is 24.2 Å². The van der Waals surface area contributed by atoms with Crippen LogP contribution in [-0.2, 0) is 12.8 Å². The van der Waals surface area contributed by atoms with Crippen LogP contribution in [0.2, 0.25) is 5.02 Å². The number of carbonyl (C=O) groups is 2. The zero-order valence-electron chi connectivity index (χ0n) is 15.7. The van der Waals surface area contributed by atoms with Crippen molar-refractivity contribution in [1.29, 1.82) is 5.26 Å². The number of carboxylic acids is 1. The molecule has 150 valence electrons. The van der Waals surface area contributed by atoms with Gasteiger partial charge in [-0.3, -0.25) is 4.79 Å². The number of nitrogens with zero attached hydrogens (tertiary/aromatic N) is 3. The summed E-state index contributed by atoms with van der Waals surface area (Å²) in [5.41, 5.74) is 1.85. The first-order valence-corrected chi connectivity index (χ1v) is 9.67. The summed E-state index contributed by atoms with van der Waals surface area (Å²) < 4.78 is 15.9. The smallest absolute Gasteiger partial charge is 0.335 e. The third kappa shape index (κ3) is 3.25. The summed E-state index contributed by atoms with van der Waals surface area (Å²) in [4.78, 5) is 24.4. The van der Waals surface area contributed by atoms with Gasteiger partial charge in [-0.05, 0) is 56.0 Å². The highest BCUT2D eigenvalue weighted by molar-refractivity contribution is 6.34. The Hall–Kier alpha value is -3.50. The molecule has 1 aliphatic carbocycles. The molecule has 1 aromatic heterocycles. The van der Waals surface area contributed by atoms with Crippen LogP contribution in [0.3, 0.4) is 0 Å². The Morgan fingerprint density at radius 2 is 1.97 bits per heavy atom. The molecule has 2 aromatic carbocycles. The monoisotopic (exact) mass is 423 g/mol. The number of hydrogen-bond acceptors (Lipinski definition) is 4. The molecule has 30 heavy (non-hydrogen) atoms. The molecule has 0 fully saturated rings. The fourth-order valence-corrected chi connectivity index (χ4v) is 4.02. The first-order chi connectivity index (χ1) is 14.4. The van der Waals surface area contributed by atoms with Gasteiger partial charge in [0, 0.05) is 11.1 Å². The van der Waals surface area contributed by atoms with E-state index in [1.807, 2.05) is 6.07 Å². The quantitative estimate of drug-likeness (QED) is 0.670. The summed E-state index contributed by atoms with van der Waals surface area (Å²) in [5.74, 6) is -2.51. The van der Waals surface area contributed by atoms with E-state index in [9.17, 15) is 19.2 Å². The van der Waals surface area contributed by atoms with E-state index in [2.05, 4.69) is 5.10 Å². The zero-order chi connectivity index (χ0) is 21.4. The lowest BCUT2D eigenvalue weighted by Gasteiger charge is -2.14. The van der Waals surface area contributed by atoms with Crippen molar-refractivity contribution in [3.63, 3.8) is 0 Å². The number of halogens is 2. The Kier molecular flexibility index (Phi) is 5.10. The highest BCUT2D eigenvalue weighted by Crippen LogP contribution is 2.34. The van der Waals surface area contributed by atoms with E-state index in [1.54, 1.807) is 6.07 Å². The van der Waals surface area contributed by atoms with Gasteiger partial charge in [0.15, 0.2) is 0 Å². The second-order valence-corrected chi connectivity index (χ2v) is 7.38. The maximum Gasteiger partial charge on any atom is 0.335 e. The van der Waals surface area contributed by atoms with Crippen molar-refractivity contribution in [2.75, 3.05) is 0 Å². The first-order valence-electron chi connectivity index (χ1n) is 9.29. The van der Waals surface area contributed by atoms with Crippen molar-refractivity contribution in [2.24, 2.45) is 0 Å². The number of carboxylic acid groups (broad SMARTS) is 1. The van der Waals surface area contributed by atoms with Gasteiger partial charge in [-0.25, -0.2) is 9.18 Å². The number of fused-ring (bicyclic) bond motifs is 1. The van der Waals surface area contributed by atoms with Crippen LogP contribution < -0.4 is 0 Å². The molecule has 1 N–H and O–H groups in total. The Morgan fingerprint density at radius 1 is 1.20 bits per heavy atom. The topological polar surface area (TPSA) is 96.0 Å². The van der Waals surface area contributed by atoms with E-state index in [4.69, 9.17) is 16.7 Å². The van der Waals surface area contributed by atoms with Crippen LogP contribution in [0.4, 0.5) is 4.39 Å². The summed E-state index contributed by atoms with van der Waals surface area (Å²) in [7, 11) is 0. The van der Waals surface area contributed by atoms with Crippen molar-refractivity contribution in [3.8, 4) is 17.3 Å². The minimum absolute atomic E-state index is 0.0470. The van der Waals surface area contributed by atoms with Crippen molar-refractivity contribution < 1.29 is 19.1 Å². The first kappa shape index (κ1) is 19.8. The molecule has 0 bridgehead atoms. The molecular weight excluding hydrogens is 409 g/mol. The lowest BCUT2D eigenvalue weighted by atomic mass is 9.93. The van der Waals surface area contributed by atoms with Gasteiger partial charge in [0.05, 0.1) is 33.1 Å². The number of carbonyl (C=O) groups excluding carboxylic acids is 1. The summed E-state index contributed by atoms with van der Waals surface area (Å²) >= 11 is 6.20. The van der Waals surface area contributed by atoms with Gasteiger partial charge < -0.3 is 5.11 Å². The molecule has 1 heterocycles. The molecule has 0 aliphatic heterocycles. The van der Waals surface area contributed by atoms with Gasteiger partial charge in [0.1, 0.15) is 11.9 Å². The summed E-state index contributed by atoms with van der Waals surface area (Å²) in [6.45, 7) is 0. The van der Waals surface area contributed by atoms with Crippen LogP contribution >= 0.6 is 11.6 Å². The summed E-state index contributed by atoms with van der Waals surface area (Å²) in [5, 5.41) is 23.0. The average Bonchev–Trinajstić information content (AvgIpc) is 3.12. The molecule has 3 aromatic rings. The average molecular weight is 424 g/mol. The molecule has 0 radical (unpaired) electrons. The molecule has 8 heteroatoms. The SMILES string of the molecule is N#Cc1cccc(Cl)c1C(=O)n1nc(-c2ccc(C(=O)O)cc2F)c2c1CCCC2. The molecule has 0 saturated heterocycles. The fraction of sp³-hybridized carbons (Fsp3) is 0.182. The third-order valence-corrected chi connectivity index (χ3v) is 5.51. The number of rotatable bonds is 3. The van der Waals surface area contributed by atoms with Crippen LogP contribution in [0.25, 0.3) is 11.3 Å². The second-order valence-electron chi connectivity index (χ2n) is 6.97. The molecule has 0 saturated carbocycles. The number of nitriles is 1. The van der Waals surface area contributed by atoms with E-state index >= 15 is 0 Å². The summed E-state index contributed by atoms with van der Waals surface area (Å²) in [6.07, 6.45) is 2.91. The van der Waals surface area contributed by atoms with Crippen molar-refractivity contribution >= 4 is 23.5 Å². The van der Waals surface area contributed by atoms with E-state index < -0.39 is 17.7 Å². The lowest BCUT2D eigenvalue weighted by Crippen LogP contribution is -2.20. The molecular formula is C22H15ClFN3O3. The highest BCUT2D eigenvalue weighted by atomic mass is 35.5. The van der Waals surface area contributed by atoms with E-state index in [-0.39, 0.29) is 27.3 Å². The largest absolute Gasteiger partial charge is 0.478 e. The fourth-order valence-electron chi connectivity index (χ4n) is 3.76. The van der Waals surface area contributed by atoms with Crippen molar-refractivity contribution in [3.05, 3.63) is 75.2 Å². The molecule has 0 amide bonds. The minimum Gasteiger partial charge on any atom is -0.478 e. The van der Waals surface area contributed by atoms with Gasteiger partial charge in [-0.1, -0.05) is 17.7 Å². The third-order valence-electron chi connectivity index (χ3n) is 5.19. The van der Waals surface area contributed by atoms with Crippen LogP contribution in [0.15, 0.2) is 36.4 Å². The highest BCUT2D eigenvalue weighted by Gasteiger charge is 2.28. The number of aromatic carboxylic acids is 1. The Balaban J connectivity index is 1.89. The van der Waals surface area contributed by atoms with Crippen molar-refractivity contribution in [1.82, 2.24) is 9.78 Å². The lowest BCUT2D eigenvalue weighted by molar-refractivity contribution is 0.0696. The summed E-state index contributed by atoms with van der Waals surface area (Å²) in [6, 6.07) is 10.2. The number of aromatic nitrogens is 2. The normalized spacial score (nSPS) is 12.8. The molecule has 0 unspecified atom stereocenters. The predicted octanol–water partition coefficient (Wildman–Crippen LogP) is 4.48. The van der Waals surface area contributed by atoms with Gasteiger partial charge in [0.2, 0.25) is 0 Å². The van der Waals surface area contributed by atoms with Crippen LogP contribution in [0.1, 0.15) is 50.4 Å². The number of benzene rings is 2. The molecule has 0 spiro atoms. The van der Waals surface area contributed by atoms with Crippen LogP contribution in [0, 0.1) is 17.1 Å². The Bertz CT molecular complexity index is 1240. The zero-order valence-corrected chi connectivity index (χ0v) is 16.4. The molecule has 6 nitrogen and oxygen atoms in total. The maximum absolute atomic E-state index is 14.7. The van der Waals surface area contributed by atoms with Gasteiger partial charge in [0.25, 0.3) is 5.91 Å². The van der Waals surface area contributed by atoms with Gasteiger partial charge >= 0.3 is 5.97 Å². The van der Waals surface area contributed by atoms with Crippen LogP contribution in [0.5, 0.6) is 0 Å². The Morgan fingerprint density at radius 3 is 2.67 bits per heavy atom. The maximum atomic E-state index is 14.7. The van der Waals surface area contributed by atoms with Crippen LogP contribution in [-0.4, -0.2) is 26.8 Å². The standard InChI is InChI=1S/C22H15ClFN3O3/c23-16-6-3-4-13(11-25)19(16)21(28)27-18-7-2-1-5-15(18)20(26-27)14-9-8-12(22(29)30)10-17(14)24/h3-4,6,8-10H,1-2,5,7H2,(H,29,30). The van der Waals surface area contributed by atoms with E-state index in [0.717, 1.165) is 24.5 Å². The van der Waals surface area contributed by atoms with E-state index in [1.165, 1.54) is 28.9 Å². The van der Waals surface area contributed by atoms with Gasteiger partial charge in [-0.15, -0.1) is 0 Å². The predicted molar refractivity (Wildman–Crippen MR) is 107 cm³/mol. The van der Waals surface area contributed by atoms with Gasteiger partial charge in [-0.2, -0.15) is 15.0 Å². The molecule has 1 aliphatic rings. The van der Waals surface area contributed by atoms with Crippen molar-refractivity contribution in [2.45, 2.75) is 25.7 Å². The Labute approximate surface area is 176 Å². The minimum atomic E-state index is -1.23. The number of hydrogen-bond donors (Lipinski definition) is 1. The molecule has 0 atom stereocenters. The second kappa shape index (κ2) is 7.73.